The van der Waals surface area contributed by atoms with Crippen molar-refractivity contribution in [3.05, 3.63) is 35.4 Å². The minimum atomic E-state index is -0.270. The van der Waals surface area contributed by atoms with Crippen LogP contribution in [0.5, 0.6) is 0 Å². The van der Waals surface area contributed by atoms with Gasteiger partial charge >= 0.3 is 0 Å². The van der Waals surface area contributed by atoms with E-state index in [9.17, 15) is 9.59 Å². The van der Waals surface area contributed by atoms with Gasteiger partial charge in [-0.25, -0.2) is 4.99 Å². The molecule has 0 spiro atoms. The predicted molar refractivity (Wildman–Crippen MR) is 105 cm³/mol. The molecule has 26 heavy (non-hydrogen) atoms. The number of carbonyl (C=O) groups excluding carboxylic acids is 2. The Kier molecular flexibility index (Phi) is 8.61. The smallest absolute Gasteiger partial charge is 0.251 e. The molecule has 2 amide bonds. The second-order valence-corrected chi connectivity index (χ2v) is 6.91. The number of guanidine groups is 1. The van der Waals surface area contributed by atoms with Gasteiger partial charge in [0.1, 0.15) is 0 Å². The molecule has 0 unspecified atom stereocenters. The summed E-state index contributed by atoms with van der Waals surface area (Å²) < 4.78 is 0. The van der Waals surface area contributed by atoms with Crippen LogP contribution in [-0.2, 0) is 11.3 Å². The number of hydrogen-bond donors (Lipinski definition) is 4. The molecule has 7 heteroatoms. The van der Waals surface area contributed by atoms with Crippen molar-refractivity contribution in [2.24, 2.45) is 4.99 Å². The van der Waals surface area contributed by atoms with Crippen LogP contribution >= 0.6 is 0 Å². The van der Waals surface area contributed by atoms with Gasteiger partial charge in [0.25, 0.3) is 5.91 Å². The standard InChI is InChI=1S/C19H31N5O2/c1-6-20-17(26)15-10-8-9-14(11-15)12-22-18(21-7-2)23-13-16(25)24-19(3,4)5/h8-11H,6-7,12-13H2,1-5H3,(H,20,26)(H,24,25)(H2,21,22,23). The van der Waals surface area contributed by atoms with Gasteiger partial charge in [-0.2, -0.15) is 0 Å². The second-order valence-electron chi connectivity index (χ2n) is 6.91. The molecule has 0 radical (unpaired) electrons. The molecule has 0 heterocycles. The lowest BCUT2D eigenvalue weighted by Crippen LogP contribution is -2.48. The minimum Gasteiger partial charge on any atom is -0.357 e. The lowest BCUT2D eigenvalue weighted by molar-refractivity contribution is -0.121. The number of rotatable bonds is 7. The maximum absolute atomic E-state index is 11.9. The van der Waals surface area contributed by atoms with Gasteiger partial charge in [0.2, 0.25) is 5.91 Å². The Balaban J connectivity index is 2.70. The number of nitrogens with zero attached hydrogens (tertiary/aromatic N) is 1. The van der Waals surface area contributed by atoms with Gasteiger partial charge in [0, 0.05) is 24.2 Å². The van der Waals surface area contributed by atoms with Crippen molar-refractivity contribution in [2.45, 2.75) is 46.7 Å². The molecular weight excluding hydrogens is 330 g/mol. The quantitative estimate of drug-likeness (QED) is 0.436. The van der Waals surface area contributed by atoms with E-state index < -0.39 is 0 Å². The molecular formula is C19H31N5O2. The Hall–Kier alpha value is -2.57. The summed E-state index contributed by atoms with van der Waals surface area (Å²) >= 11 is 0. The third-order valence-corrected chi connectivity index (χ3v) is 3.22. The van der Waals surface area contributed by atoms with Crippen LogP contribution in [0.3, 0.4) is 0 Å². The van der Waals surface area contributed by atoms with Gasteiger partial charge < -0.3 is 21.3 Å². The van der Waals surface area contributed by atoms with E-state index in [-0.39, 0.29) is 23.9 Å². The van der Waals surface area contributed by atoms with Gasteiger partial charge in [0.15, 0.2) is 5.96 Å². The van der Waals surface area contributed by atoms with Crippen LogP contribution in [0.2, 0.25) is 0 Å². The average Bonchev–Trinajstić information content (AvgIpc) is 2.56. The second kappa shape index (κ2) is 10.4. The topological polar surface area (TPSA) is 94.6 Å². The number of carbonyl (C=O) groups is 2. The Bertz CT molecular complexity index is 635. The van der Waals surface area contributed by atoms with Crippen molar-refractivity contribution in [3.63, 3.8) is 0 Å². The lowest BCUT2D eigenvalue weighted by atomic mass is 10.1. The van der Waals surface area contributed by atoms with Gasteiger partial charge in [-0.3, -0.25) is 9.59 Å². The fourth-order valence-electron chi connectivity index (χ4n) is 2.21. The van der Waals surface area contributed by atoms with E-state index in [0.717, 1.165) is 5.56 Å². The molecule has 0 saturated heterocycles. The van der Waals surface area contributed by atoms with E-state index in [1.807, 2.05) is 52.8 Å². The van der Waals surface area contributed by atoms with Crippen LogP contribution in [0, 0.1) is 0 Å². The van der Waals surface area contributed by atoms with Crippen molar-refractivity contribution in [1.82, 2.24) is 21.3 Å². The normalized spacial score (nSPS) is 11.7. The van der Waals surface area contributed by atoms with Gasteiger partial charge in [-0.05, 0) is 52.3 Å². The Morgan fingerprint density at radius 2 is 1.73 bits per heavy atom. The van der Waals surface area contributed by atoms with E-state index >= 15 is 0 Å². The van der Waals surface area contributed by atoms with Crippen LogP contribution in [0.4, 0.5) is 0 Å². The number of aliphatic imine (C=N–C) groups is 1. The van der Waals surface area contributed by atoms with Crippen molar-refractivity contribution in [3.8, 4) is 0 Å². The highest BCUT2D eigenvalue weighted by Crippen LogP contribution is 2.06. The molecule has 0 aromatic heterocycles. The van der Waals surface area contributed by atoms with Gasteiger partial charge in [-0.1, -0.05) is 12.1 Å². The SMILES string of the molecule is CCNC(=O)c1cccc(CN=C(NCC)NCC(=O)NC(C)(C)C)c1. The largest absolute Gasteiger partial charge is 0.357 e. The number of nitrogens with one attached hydrogen (secondary N) is 4. The maximum Gasteiger partial charge on any atom is 0.251 e. The monoisotopic (exact) mass is 361 g/mol. The zero-order valence-corrected chi connectivity index (χ0v) is 16.4. The molecule has 0 aliphatic heterocycles. The summed E-state index contributed by atoms with van der Waals surface area (Å²) in [5.74, 6) is 0.364. The zero-order chi connectivity index (χ0) is 19.6. The van der Waals surface area contributed by atoms with E-state index in [0.29, 0.717) is 31.2 Å². The number of hydrogen-bond acceptors (Lipinski definition) is 3. The Labute approximate surface area is 156 Å². The highest BCUT2D eigenvalue weighted by molar-refractivity contribution is 5.94. The third-order valence-electron chi connectivity index (χ3n) is 3.22. The van der Waals surface area contributed by atoms with Crippen molar-refractivity contribution in [1.29, 1.82) is 0 Å². The number of benzene rings is 1. The summed E-state index contributed by atoms with van der Waals surface area (Å²) in [5.41, 5.74) is 1.26. The average molecular weight is 361 g/mol. The molecule has 0 atom stereocenters. The lowest BCUT2D eigenvalue weighted by Gasteiger charge is -2.21. The first-order chi connectivity index (χ1) is 12.2. The molecule has 0 saturated carbocycles. The van der Waals surface area contributed by atoms with E-state index in [4.69, 9.17) is 0 Å². The molecule has 7 nitrogen and oxygen atoms in total. The van der Waals surface area contributed by atoms with Crippen molar-refractivity contribution in [2.75, 3.05) is 19.6 Å². The molecule has 1 aromatic carbocycles. The summed E-state index contributed by atoms with van der Waals surface area (Å²) in [6.07, 6.45) is 0. The van der Waals surface area contributed by atoms with Crippen molar-refractivity contribution >= 4 is 17.8 Å². The summed E-state index contributed by atoms with van der Waals surface area (Å²) in [6, 6.07) is 7.36. The molecule has 0 aliphatic carbocycles. The van der Waals surface area contributed by atoms with Gasteiger partial charge in [-0.15, -0.1) is 0 Å². The van der Waals surface area contributed by atoms with E-state index in [2.05, 4.69) is 26.3 Å². The summed E-state index contributed by atoms with van der Waals surface area (Å²) in [4.78, 5) is 28.3. The van der Waals surface area contributed by atoms with Crippen molar-refractivity contribution < 1.29 is 9.59 Å². The molecule has 144 valence electrons. The number of amides is 2. The fraction of sp³-hybridized carbons (Fsp3) is 0.526. The summed E-state index contributed by atoms with van der Waals surface area (Å²) in [6.45, 7) is 11.5. The minimum absolute atomic E-state index is 0.0952. The van der Waals surface area contributed by atoms with Gasteiger partial charge in [0.05, 0.1) is 13.1 Å². The van der Waals surface area contributed by atoms with E-state index in [1.54, 1.807) is 6.07 Å². The highest BCUT2D eigenvalue weighted by Gasteiger charge is 2.13. The summed E-state index contributed by atoms with van der Waals surface area (Å²) in [5, 5.41) is 11.8. The molecule has 1 aromatic rings. The molecule has 0 aliphatic rings. The Morgan fingerprint density at radius 3 is 2.35 bits per heavy atom. The van der Waals surface area contributed by atoms with Crippen LogP contribution in [0.15, 0.2) is 29.3 Å². The van der Waals surface area contributed by atoms with Crippen LogP contribution in [0.25, 0.3) is 0 Å². The molecule has 1 rings (SSSR count). The highest BCUT2D eigenvalue weighted by atomic mass is 16.2. The fourth-order valence-corrected chi connectivity index (χ4v) is 2.21. The molecule has 0 bridgehead atoms. The van der Waals surface area contributed by atoms with Crippen LogP contribution in [-0.4, -0.2) is 42.9 Å². The van der Waals surface area contributed by atoms with Crippen LogP contribution < -0.4 is 21.3 Å². The third kappa shape index (κ3) is 8.50. The maximum atomic E-state index is 11.9. The van der Waals surface area contributed by atoms with E-state index in [1.165, 1.54) is 0 Å². The first-order valence-corrected chi connectivity index (χ1v) is 8.95. The zero-order valence-electron chi connectivity index (χ0n) is 16.4. The van der Waals surface area contributed by atoms with Crippen LogP contribution in [0.1, 0.15) is 50.5 Å². The molecule has 0 fully saturated rings. The molecule has 4 N–H and O–H groups in total. The predicted octanol–water partition coefficient (Wildman–Crippen LogP) is 1.41. The first-order valence-electron chi connectivity index (χ1n) is 8.95. The summed E-state index contributed by atoms with van der Waals surface area (Å²) in [7, 11) is 0. The first kappa shape index (κ1) is 21.5. The Morgan fingerprint density at radius 1 is 1.04 bits per heavy atom.